The van der Waals surface area contributed by atoms with Gasteiger partial charge < -0.3 is 16.0 Å². The normalized spacial score (nSPS) is 17.8. The van der Waals surface area contributed by atoms with E-state index >= 15 is 0 Å². The minimum absolute atomic E-state index is 0. The highest BCUT2D eigenvalue weighted by molar-refractivity contribution is 9.10. The molecule has 0 bridgehead atoms. The third-order valence-electron chi connectivity index (χ3n) is 3.46. The highest BCUT2D eigenvalue weighted by Gasteiger charge is 2.38. The summed E-state index contributed by atoms with van der Waals surface area (Å²) in [6.07, 6.45) is 0.297. The van der Waals surface area contributed by atoms with Crippen LogP contribution in [0.25, 0.3) is 0 Å². The van der Waals surface area contributed by atoms with Gasteiger partial charge in [-0.2, -0.15) is 0 Å². The molecule has 0 aromatic heterocycles. The van der Waals surface area contributed by atoms with E-state index < -0.39 is 30.8 Å². The lowest BCUT2D eigenvalue weighted by Crippen LogP contribution is -2.45. The number of nitrogens with one attached hydrogen (secondary N) is 1. The number of alkyl halides is 2. The topological polar surface area (TPSA) is 75.4 Å². The van der Waals surface area contributed by atoms with E-state index in [4.69, 9.17) is 5.73 Å². The summed E-state index contributed by atoms with van der Waals surface area (Å²) in [6.45, 7) is -1.33. The average molecular weight is 413 g/mol. The van der Waals surface area contributed by atoms with Crippen LogP contribution in [0.3, 0.4) is 0 Å². The third-order valence-corrected chi connectivity index (χ3v) is 3.96. The van der Waals surface area contributed by atoms with E-state index in [9.17, 15) is 18.4 Å². The molecule has 1 atom stereocenters. The van der Waals surface area contributed by atoms with Crippen LogP contribution in [-0.4, -0.2) is 37.4 Å². The fraction of sp³-hybridized carbons (Fsp3) is 0.429. The predicted molar refractivity (Wildman–Crippen MR) is 88.9 cm³/mol. The molecule has 23 heavy (non-hydrogen) atoms. The first kappa shape index (κ1) is 19.8. The standard InChI is InChI=1S/C14H16BrF2N3O2.ClH/c15-9-2-1-3-10(6-9)20-5-4-11(13(20)22)12(21)19-8-14(16,17)7-18;/h1-3,6,11H,4-5,7-8,18H2,(H,19,21);1H. The molecule has 1 unspecified atom stereocenters. The Morgan fingerprint density at radius 1 is 1.48 bits per heavy atom. The number of hydrogen-bond acceptors (Lipinski definition) is 3. The number of nitrogens with two attached hydrogens (primary N) is 1. The maximum atomic E-state index is 13.0. The first-order valence-corrected chi connectivity index (χ1v) is 7.56. The van der Waals surface area contributed by atoms with Crippen molar-refractivity contribution in [3.05, 3.63) is 28.7 Å². The summed E-state index contributed by atoms with van der Waals surface area (Å²) >= 11 is 3.32. The highest BCUT2D eigenvalue weighted by atomic mass is 79.9. The smallest absolute Gasteiger partial charge is 0.277 e. The van der Waals surface area contributed by atoms with E-state index in [1.165, 1.54) is 4.90 Å². The second kappa shape index (κ2) is 8.03. The molecule has 1 fully saturated rings. The lowest BCUT2D eigenvalue weighted by molar-refractivity contribution is -0.133. The average Bonchev–Trinajstić information content (AvgIpc) is 2.87. The van der Waals surface area contributed by atoms with E-state index in [2.05, 4.69) is 21.2 Å². The Balaban J connectivity index is 0.00000264. The monoisotopic (exact) mass is 411 g/mol. The summed E-state index contributed by atoms with van der Waals surface area (Å²) in [6, 6.07) is 7.12. The summed E-state index contributed by atoms with van der Waals surface area (Å²) in [7, 11) is 0. The molecule has 0 saturated carbocycles. The fourth-order valence-electron chi connectivity index (χ4n) is 2.24. The van der Waals surface area contributed by atoms with E-state index in [0.29, 0.717) is 18.7 Å². The van der Waals surface area contributed by atoms with Crippen molar-refractivity contribution in [3.63, 3.8) is 0 Å². The van der Waals surface area contributed by atoms with Gasteiger partial charge in [0.15, 0.2) is 0 Å². The van der Waals surface area contributed by atoms with Crippen molar-refractivity contribution in [2.75, 3.05) is 24.5 Å². The molecule has 9 heteroatoms. The predicted octanol–water partition coefficient (Wildman–Crippen LogP) is 1.93. The quantitative estimate of drug-likeness (QED) is 0.726. The number of hydrogen-bond donors (Lipinski definition) is 2. The first-order chi connectivity index (χ1) is 10.3. The van der Waals surface area contributed by atoms with Gasteiger partial charge in [0, 0.05) is 16.7 Å². The van der Waals surface area contributed by atoms with Gasteiger partial charge >= 0.3 is 0 Å². The van der Waals surface area contributed by atoms with Crippen LogP contribution in [0.4, 0.5) is 14.5 Å². The molecule has 5 nitrogen and oxygen atoms in total. The largest absolute Gasteiger partial charge is 0.349 e. The van der Waals surface area contributed by atoms with Gasteiger partial charge in [0.2, 0.25) is 11.8 Å². The minimum atomic E-state index is -3.17. The summed E-state index contributed by atoms with van der Waals surface area (Å²) in [5.74, 6) is -5.17. The van der Waals surface area contributed by atoms with Crippen LogP contribution < -0.4 is 16.0 Å². The van der Waals surface area contributed by atoms with Gasteiger partial charge in [-0.25, -0.2) is 8.78 Å². The third kappa shape index (κ3) is 4.86. The highest BCUT2D eigenvalue weighted by Crippen LogP contribution is 2.27. The Bertz CT molecular complexity index is 589. The zero-order chi connectivity index (χ0) is 16.3. The molecule has 128 valence electrons. The molecule has 1 saturated heterocycles. The van der Waals surface area contributed by atoms with Crippen LogP contribution >= 0.6 is 28.3 Å². The Kier molecular flexibility index (Phi) is 6.91. The molecule has 0 radical (unpaired) electrons. The number of nitrogens with zero attached hydrogens (tertiary/aromatic N) is 1. The second-order valence-corrected chi connectivity index (χ2v) is 6.00. The van der Waals surface area contributed by atoms with Crippen molar-refractivity contribution < 1.29 is 18.4 Å². The lowest BCUT2D eigenvalue weighted by atomic mass is 10.1. The van der Waals surface area contributed by atoms with E-state index in [-0.39, 0.29) is 18.3 Å². The molecule has 0 spiro atoms. The number of rotatable bonds is 5. The SMILES string of the molecule is Cl.NCC(F)(F)CNC(=O)C1CCN(c2cccc(Br)c2)C1=O. The van der Waals surface area contributed by atoms with Crippen molar-refractivity contribution >= 4 is 45.8 Å². The van der Waals surface area contributed by atoms with Crippen molar-refractivity contribution in [1.29, 1.82) is 0 Å². The molecule has 2 amide bonds. The Hall–Kier alpha value is -1.25. The number of halogens is 4. The second-order valence-electron chi connectivity index (χ2n) is 5.09. The van der Waals surface area contributed by atoms with Gasteiger partial charge in [-0.15, -0.1) is 12.4 Å². The Morgan fingerprint density at radius 2 is 2.17 bits per heavy atom. The zero-order valence-electron chi connectivity index (χ0n) is 12.1. The van der Waals surface area contributed by atoms with Gasteiger partial charge in [-0.3, -0.25) is 9.59 Å². The number of benzene rings is 1. The number of anilines is 1. The summed E-state index contributed by atoms with van der Waals surface area (Å²) in [5.41, 5.74) is 5.57. The molecule has 1 heterocycles. The fourth-order valence-corrected chi connectivity index (χ4v) is 2.62. The van der Waals surface area contributed by atoms with Crippen LogP contribution in [0.5, 0.6) is 0 Å². The number of carbonyl (C=O) groups excluding carboxylic acids is 2. The van der Waals surface area contributed by atoms with E-state index in [1.54, 1.807) is 18.2 Å². The minimum Gasteiger partial charge on any atom is -0.349 e. The lowest BCUT2D eigenvalue weighted by Gasteiger charge is -2.18. The van der Waals surface area contributed by atoms with Crippen molar-refractivity contribution in [2.45, 2.75) is 12.3 Å². The van der Waals surface area contributed by atoms with Crippen LogP contribution in [0, 0.1) is 5.92 Å². The van der Waals surface area contributed by atoms with Crippen LogP contribution in [0.2, 0.25) is 0 Å². The van der Waals surface area contributed by atoms with E-state index in [0.717, 1.165) is 4.47 Å². The number of amides is 2. The van der Waals surface area contributed by atoms with E-state index in [1.807, 2.05) is 6.07 Å². The maximum Gasteiger partial charge on any atom is 0.277 e. The first-order valence-electron chi connectivity index (χ1n) is 6.76. The molecule has 1 aromatic rings. The molecular weight excluding hydrogens is 396 g/mol. The van der Waals surface area contributed by atoms with Crippen LogP contribution in [0.15, 0.2) is 28.7 Å². The molecule has 1 aromatic carbocycles. The zero-order valence-corrected chi connectivity index (χ0v) is 14.5. The van der Waals surface area contributed by atoms with Crippen LogP contribution in [0.1, 0.15) is 6.42 Å². The van der Waals surface area contributed by atoms with Crippen molar-refractivity contribution in [1.82, 2.24) is 5.32 Å². The van der Waals surface area contributed by atoms with Gasteiger partial charge in [-0.05, 0) is 24.6 Å². The summed E-state index contributed by atoms with van der Waals surface area (Å²) < 4.78 is 26.9. The van der Waals surface area contributed by atoms with Crippen molar-refractivity contribution in [2.24, 2.45) is 11.7 Å². The van der Waals surface area contributed by atoms with Gasteiger partial charge in [0.25, 0.3) is 5.92 Å². The summed E-state index contributed by atoms with van der Waals surface area (Å²) in [5, 5.41) is 2.10. The van der Waals surface area contributed by atoms with Gasteiger partial charge in [0.1, 0.15) is 5.92 Å². The van der Waals surface area contributed by atoms with Crippen molar-refractivity contribution in [3.8, 4) is 0 Å². The number of carbonyl (C=O) groups is 2. The Morgan fingerprint density at radius 3 is 2.78 bits per heavy atom. The van der Waals surface area contributed by atoms with Gasteiger partial charge in [0.05, 0.1) is 13.1 Å². The molecule has 2 rings (SSSR count). The molecular formula is C14H17BrClF2N3O2. The van der Waals surface area contributed by atoms with Gasteiger partial charge in [-0.1, -0.05) is 22.0 Å². The molecule has 1 aliphatic rings. The molecule has 0 aliphatic carbocycles. The maximum absolute atomic E-state index is 13.0. The summed E-state index contributed by atoms with van der Waals surface area (Å²) in [4.78, 5) is 25.7. The molecule has 3 N–H and O–H groups in total. The molecule has 1 aliphatic heterocycles. The Labute approximate surface area is 147 Å². The van der Waals surface area contributed by atoms with Crippen LogP contribution in [-0.2, 0) is 9.59 Å².